The molecular weight excluding hydrogens is 474 g/mol. The molecule has 202 valence electrons. The molecule has 1 aliphatic heterocycles. The number of hydrogen-bond donors (Lipinski definition) is 4. The second-order valence-corrected chi connectivity index (χ2v) is 10.3. The van der Waals surface area contributed by atoms with Gasteiger partial charge in [-0.05, 0) is 44.1 Å². The second kappa shape index (κ2) is 12.7. The van der Waals surface area contributed by atoms with E-state index in [-0.39, 0.29) is 47.1 Å². The van der Waals surface area contributed by atoms with Gasteiger partial charge in [0.1, 0.15) is 6.10 Å². The van der Waals surface area contributed by atoms with Gasteiger partial charge in [0.15, 0.2) is 0 Å². The Morgan fingerprint density at radius 2 is 1.76 bits per heavy atom. The lowest BCUT2D eigenvalue weighted by Gasteiger charge is -2.28. The van der Waals surface area contributed by atoms with Crippen LogP contribution >= 0.6 is 0 Å². The topological polar surface area (TPSA) is 162 Å². The van der Waals surface area contributed by atoms with Crippen molar-refractivity contribution >= 4 is 23.6 Å². The summed E-state index contributed by atoms with van der Waals surface area (Å²) in [4.78, 5) is 49.9. The Morgan fingerprint density at radius 3 is 2.38 bits per heavy atom. The number of ether oxygens (including phenoxy) is 1. The van der Waals surface area contributed by atoms with Crippen LogP contribution in [0.4, 0.5) is 4.79 Å². The Kier molecular flexibility index (Phi) is 10.2. The van der Waals surface area contributed by atoms with E-state index in [1.807, 2.05) is 40.7 Å². The highest BCUT2D eigenvalue weighted by Gasteiger charge is 2.31. The number of primary amides is 1. The number of aliphatic hydroxyl groups is 1. The first-order valence-electron chi connectivity index (χ1n) is 12.5. The third-order valence-electron chi connectivity index (χ3n) is 6.90. The molecule has 0 fully saturated rings. The number of allylic oxidation sites excluding steroid dienone is 4. The molecule has 6 atom stereocenters. The number of fused-ring (bicyclic) bond motifs is 2. The quantitative estimate of drug-likeness (QED) is 0.309. The largest absolute Gasteiger partial charge is 0.441 e. The van der Waals surface area contributed by atoms with E-state index in [9.17, 15) is 24.3 Å². The molecule has 9 heteroatoms. The van der Waals surface area contributed by atoms with Crippen molar-refractivity contribution in [3.63, 3.8) is 0 Å². The Bertz CT molecular complexity index is 1100. The Labute approximate surface area is 218 Å². The second-order valence-electron chi connectivity index (χ2n) is 10.3. The molecule has 0 spiro atoms. The Balaban J connectivity index is 2.50. The number of rotatable bonds is 1. The van der Waals surface area contributed by atoms with Crippen LogP contribution in [-0.4, -0.2) is 40.9 Å². The van der Waals surface area contributed by atoms with E-state index in [2.05, 4.69) is 5.32 Å². The molecule has 0 unspecified atom stereocenters. The van der Waals surface area contributed by atoms with Gasteiger partial charge in [-0.2, -0.15) is 0 Å². The number of amides is 2. The molecule has 0 aromatic carbocycles. The lowest BCUT2D eigenvalue weighted by atomic mass is 9.82. The Morgan fingerprint density at radius 1 is 1.11 bits per heavy atom. The molecule has 2 bridgehead atoms. The molecule has 0 saturated heterocycles. The van der Waals surface area contributed by atoms with Gasteiger partial charge in [0.2, 0.25) is 11.6 Å². The number of carbonyl (C=O) groups excluding carboxylic acids is 4. The highest BCUT2D eigenvalue weighted by molar-refractivity contribution is 6.23. The predicted molar refractivity (Wildman–Crippen MR) is 140 cm³/mol. The summed E-state index contributed by atoms with van der Waals surface area (Å²) in [5, 5.41) is 13.5. The number of hydrogen-bond acceptors (Lipinski definition) is 7. The van der Waals surface area contributed by atoms with Gasteiger partial charge in [-0.15, -0.1) is 0 Å². The monoisotopic (exact) mass is 513 g/mol. The lowest BCUT2D eigenvalue weighted by molar-refractivity contribution is -0.120. The van der Waals surface area contributed by atoms with E-state index in [4.69, 9.17) is 16.2 Å². The summed E-state index contributed by atoms with van der Waals surface area (Å²) < 4.78 is 5.37. The van der Waals surface area contributed by atoms with Crippen LogP contribution in [0.5, 0.6) is 0 Å². The molecule has 9 nitrogen and oxygen atoms in total. The van der Waals surface area contributed by atoms with Crippen molar-refractivity contribution in [2.75, 3.05) is 0 Å². The van der Waals surface area contributed by atoms with Crippen LogP contribution in [0.15, 0.2) is 58.5 Å². The molecule has 2 amide bonds. The third kappa shape index (κ3) is 7.76. The molecule has 1 heterocycles. The minimum absolute atomic E-state index is 0.0823. The van der Waals surface area contributed by atoms with Crippen LogP contribution in [-0.2, 0) is 19.1 Å². The number of aliphatic hydroxyl groups excluding tert-OH is 1. The van der Waals surface area contributed by atoms with Crippen molar-refractivity contribution in [1.82, 2.24) is 5.32 Å². The maximum atomic E-state index is 13.1. The molecule has 37 heavy (non-hydrogen) atoms. The average Bonchev–Trinajstić information content (AvgIpc) is 2.81. The molecule has 2 rings (SSSR count). The van der Waals surface area contributed by atoms with E-state index in [0.717, 1.165) is 11.6 Å². The van der Waals surface area contributed by atoms with E-state index in [1.165, 1.54) is 0 Å². The third-order valence-corrected chi connectivity index (χ3v) is 6.90. The van der Waals surface area contributed by atoms with Gasteiger partial charge in [-0.25, -0.2) is 4.79 Å². The zero-order valence-corrected chi connectivity index (χ0v) is 22.4. The van der Waals surface area contributed by atoms with Gasteiger partial charge < -0.3 is 26.6 Å². The molecule has 2 aliphatic rings. The molecule has 1 aliphatic carbocycles. The van der Waals surface area contributed by atoms with Gasteiger partial charge >= 0.3 is 6.09 Å². The van der Waals surface area contributed by atoms with Gasteiger partial charge in [0.25, 0.3) is 5.91 Å². The van der Waals surface area contributed by atoms with Crippen molar-refractivity contribution in [2.24, 2.45) is 35.1 Å². The van der Waals surface area contributed by atoms with Gasteiger partial charge in [-0.3, -0.25) is 14.4 Å². The maximum absolute atomic E-state index is 13.1. The van der Waals surface area contributed by atoms with E-state index >= 15 is 0 Å². The Hall–Kier alpha value is -3.46. The smallest absolute Gasteiger partial charge is 0.405 e. The molecule has 0 saturated carbocycles. The van der Waals surface area contributed by atoms with E-state index < -0.39 is 35.8 Å². The summed E-state index contributed by atoms with van der Waals surface area (Å²) in [6, 6.07) is 0. The SMILES string of the molecule is C/C1=C\C=C/[C@H](C)[C@@H](OC(N)=O)/C(C)=C/[C@H](C)[C@@H](O)[C@@H](C)C[C@H](C)CC2=C(N)C(=O)C=C(NC1=O)C2=O. The van der Waals surface area contributed by atoms with Crippen molar-refractivity contribution in [3.05, 3.63) is 58.5 Å². The summed E-state index contributed by atoms with van der Waals surface area (Å²) in [5.41, 5.74) is 12.2. The van der Waals surface area contributed by atoms with Gasteiger partial charge in [-0.1, -0.05) is 52.0 Å². The van der Waals surface area contributed by atoms with Crippen LogP contribution in [0, 0.1) is 23.7 Å². The van der Waals surface area contributed by atoms with Crippen LogP contribution < -0.4 is 16.8 Å². The zero-order chi connectivity index (χ0) is 28.0. The number of carbonyl (C=O) groups is 4. The fourth-order valence-electron chi connectivity index (χ4n) is 4.85. The highest BCUT2D eigenvalue weighted by Crippen LogP contribution is 2.29. The number of nitrogens with two attached hydrogens (primary N) is 2. The fraction of sp³-hybridized carbons (Fsp3) is 0.500. The number of ketones is 2. The molecule has 0 radical (unpaired) electrons. The highest BCUT2D eigenvalue weighted by atomic mass is 16.6. The molecular formula is C28H39N3O6. The summed E-state index contributed by atoms with van der Waals surface area (Å²) in [6.45, 7) is 10.9. The summed E-state index contributed by atoms with van der Waals surface area (Å²) >= 11 is 0. The fourth-order valence-corrected chi connectivity index (χ4v) is 4.85. The van der Waals surface area contributed by atoms with Crippen LogP contribution in [0.3, 0.4) is 0 Å². The number of nitrogens with one attached hydrogen (secondary N) is 1. The minimum atomic E-state index is -0.912. The predicted octanol–water partition coefficient (Wildman–Crippen LogP) is 2.96. The average molecular weight is 514 g/mol. The van der Waals surface area contributed by atoms with Crippen molar-refractivity contribution in [2.45, 2.75) is 66.6 Å². The van der Waals surface area contributed by atoms with E-state index in [0.29, 0.717) is 12.0 Å². The van der Waals surface area contributed by atoms with Gasteiger partial charge in [0.05, 0.1) is 17.5 Å². The van der Waals surface area contributed by atoms with Crippen LogP contribution in [0.25, 0.3) is 0 Å². The molecule has 0 aromatic rings. The maximum Gasteiger partial charge on any atom is 0.405 e. The van der Waals surface area contributed by atoms with E-state index in [1.54, 1.807) is 25.2 Å². The summed E-state index contributed by atoms with van der Waals surface area (Å²) in [6.07, 6.45) is 6.38. The first-order chi connectivity index (χ1) is 17.2. The minimum Gasteiger partial charge on any atom is -0.441 e. The number of Topliss-reactive ketones (excluding diaryl/α,β-unsaturated/α-hetero) is 1. The first-order valence-corrected chi connectivity index (χ1v) is 12.5. The summed E-state index contributed by atoms with van der Waals surface area (Å²) in [5.74, 6) is -2.35. The van der Waals surface area contributed by atoms with Crippen molar-refractivity contribution in [3.8, 4) is 0 Å². The van der Waals surface area contributed by atoms with Crippen LogP contribution in [0.2, 0.25) is 0 Å². The molecule has 0 aromatic heterocycles. The normalized spacial score (nSPS) is 34.5. The van der Waals surface area contributed by atoms with Crippen molar-refractivity contribution in [1.29, 1.82) is 0 Å². The van der Waals surface area contributed by atoms with Gasteiger partial charge in [0, 0.05) is 29.1 Å². The zero-order valence-electron chi connectivity index (χ0n) is 22.4. The van der Waals surface area contributed by atoms with Crippen LogP contribution in [0.1, 0.15) is 54.4 Å². The first kappa shape index (κ1) is 29.8. The summed E-state index contributed by atoms with van der Waals surface area (Å²) in [7, 11) is 0. The van der Waals surface area contributed by atoms with Crippen molar-refractivity contribution < 1.29 is 29.0 Å². The standard InChI is InChI=1S/C28H39N3O6/c1-14-10-17(4)24(33)18(5)12-19(6)26(37-28(30)36)15(2)8-7-9-16(3)27(35)31-21-13-22(32)23(29)20(11-14)25(21)34/h7-9,12-15,17-18,24,26,33H,10-11,29H2,1-6H3,(H2,30,36)(H,31,35)/b8-7-,16-9+,19-12+/t14-,15-,17-,18-,24-,26+/m0/s1. The molecule has 6 N–H and O–H groups in total. The lowest BCUT2D eigenvalue weighted by Crippen LogP contribution is -2.34.